The molecule has 3 rings (SSSR count). The molecule has 1 aromatic carbocycles. The Hall–Kier alpha value is -1.36. The van der Waals surface area contributed by atoms with Crippen molar-refractivity contribution in [3.05, 3.63) is 41.5 Å². The van der Waals surface area contributed by atoms with Gasteiger partial charge in [0.15, 0.2) is 0 Å². The van der Waals surface area contributed by atoms with Crippen molar-refractivity contribution in [2.24, 2.45) is 11.7 Å². The summed E-state index contributed by atoms with van der Waals surface area (Å²) in [5.41, 5.74) is 8.08. The van der Waals surface area contributed by atoms with Crippen molar-refractivity contribution in [2.45, 2.75) is 76.1 Å². The highest BCUT2D eigenvalue weighted by molar-refractivity contribution is 5.49. The largest absolute Gasteiger partial charge is 0.489 e. The van der Waals surface area contributed by atoms with Gasteiger partial charge in [0.2, 0.25) is 0 Å². The minimum absolute atomic E-state index is 0.00633. The fraction of sp³-hybridized carbons (Fsp3) is 0.636. The van der Waals surface area contributed by atoms with Gasteiger partial charge in [0.25, 0.3) is 0 Å². The number of ether oxygens (including phenoxy) is 1. The molecule has 1 saturated carbocycles. The van der Waals surface area contributed by atoms with Crippen LogP contribution in [-0.2, 0) is 6.42 Å². The van der Waals surface area contributed by atoms with Gasteiger partial charge < -0.3 is 20.7 Å². The molecule has 4 N–H and O–H groups in total. The summed E-state index contributed by atoms with van der Waals surface area (Å²) in [5.74, 6) is 1.19. The molecule has 5 atom stereocenters. The van der Waals surface area contributed by atoms with Crippen molar-refractivity contribution in [1.29, 1.82) is 0 Å². The van der Waals surface area contributed by atoms with Gasteiger partial charge in [-0.15, -0.1) is 0 Å². The maximum atomic E-state index is 10.5. The zero-order valence-corrected chi connectivity index (χ0v) is 15.8. The maximum Gasteiger partial charge on any atom is 0.126 e. The fourth-order valence-electron chi connectivity index (χ4n) is 4.41. The fourth-order valence-corrected chi connectivity index (χ4v) is 4.41. The molecule has 0 aromatic heterocycles. The molecule has 2 aliphatic rings. The lowest BCUT2D eigenvalue weighted by molar-refractivity contribution is 0.135. The zero-order valence-electron chi connectivity index (χ0n) is 15.8. The van der Waals surface area contributed by atoms with Gasteiger partial charge in [0.05, 0.1) is 12.2 Å². The highest BCUT2D eigenvalue weighted by atomic mass is 16.5. The molecule has 26 heavy (non-hydrogen) atoms. The third kappa shape index (κ3) is 4.13. The average Bonchev–Trinajstić information content (AvgIpc) is 3.13. The van der Waals surface area contributed by atoms with Crippen LogP contribution in [0.4, 0.5) is 0 Å². The molecule has 4 heteroatoms. The summed E-state index contributed by atoms with van der Waals surface area (Å²) in [7, 11) is 0. The van der Waals surface area contributed by atoms with Crippen molar-refractivity contribution >= 4 is 0 Å². The molecular weight excluding hydrogens is 326 g/mol. The number of nitrogens with two attached hydrogens (primary N) is 1. The lowest BCUT2D eigenvalue weighted by Crippen LogP contribution is -2.17. The van der Waals surface area contributed by atoms with E-state index < -0.39 is 12.2 Å². The summed E-state index contributed by atoms with van der Waals surface area (Å²) in [6.45, 7) is 2.84. The van der Waals surface area contributed by atoms with Crippen LogP contribution in [0, 0.1) is 5.92 Å². The Labute approximate surface area is 157 Å². The molecule has 1 aliphatic heterocycles. The first kappa shape index (κ1) is 19.4. The van der Waals surface area contributed by atoms with E-state index >= 15 is 0 Å². The topological polar surface area (TPSA) is 75.7 Å². The van der Waals surface area contributed by atoms with Crippen molar-refractivity contribution in [3.63, 3.8) is 0 Å². The van der Waals surface area contributed by atoms with E-state index in [1.165, 1.54) is 11.1 Å². The Morgan fingerprint density at radius 2 is 2.15 bits per heavy atom. The number of aliphatic hydroxyl groups is 2. The zero-order chi connectivity index (χ0) is 18.5. The van der Waals surface area contributed by atoms with E-state index in [-0.39, 0.29) is 17.9 Å². The molecule has 0 amide bonds. The maximum absolute atomic E-state index is 10.5. The number of fused-ring (bicyclic) bond motifs is 3. The van der Waals surface area contributed by atoms with Crippen molar-refractivity contribution in [2.75, 3.05) is 6.54 Å². The predicted molar refractivity (Wildman–Crippen MR) is 104 cm³/mol. The Morgan fingerprint density at radius 1 is 1.31 bits per heavy atom. The minimum atomic E-state index is -0.425. The van der Waals surface area contributed by atoms with Crippen molar-refractivity contribution < 1.29 is 14.9 Å². The average molecular weight is 360 g/mol. The van der Waals surface area contributed by atoms with Gasteiger partial charge in [-0.05, 0) is 31.4 Å². The van der Waals surface area contributed by atoms with E-state index in [1.807, 2.05) is 12.2 Å². The van der Waals surface area contributed by atoms with E-state index in [1.54, 1.807) is 0 Å². The molecular formula is C22H33NO3. The number of para-hydroxylation sites is 1. The van der Waals surface area contributed by atoms with Crippen LogP contribution in [0.5, 0.6) is 5.75 Å². The SMILES string of the molecule is CCCCC[C@H](O)C=C[C@@H]1[C@H]2c3cccc(CCCN)c3O[C@H]2C[C@H]1O. The number of benzene rings is 1. The van der Waals surface area contributed by atoms with Crippen molar-refractivity contribution in [1.82, 2.24) is 0 Å². The van der Waals surface area contributed by atoms with Gasteiger partial charge >= 0.3 is 0 Å². The van der Waals surface area contributed by atoms with E-state index in [2.05, 4.69) is 25.1 Å². The molecule has 0 radical (unpaired) electrons. The lowest BCUT2D eigenvalue weighted by Gasteiger charge is -2.18. The standard InChI is InChI=1S/C22H33NO3/c1-2-3-4-9-16(24)11-12-17-19(25)14-20-21(17)18-10-5-7-15(8-6-13-23)22(18)26-20/h5,7,10-12,16-17,19-21,24-25H,2-4,6,8-9,13-14,23H2,1H3/t16-,17-,19+,20-,21-/m0/s1. The van der Waals surface area contributed by atoms with Crippen LogP contribution >= 0.6 is 0 Å². The molecule has 0 unspecified atom stereocenters. The number of aliphatic hydroxyl groups excluding tert-OH is 2. The first-order valence-corrected chi connectivity index (χ1v) is 10.2. The Bertz CT molecular complexity index is 615. The van der Waals surface area contributed by atoms with Crippen LogP contribution in [0.25, 0.3) is 0 Å². The number of hydrogen-bond acceptors (Lipinski definition) is 4. The molecule has 4 nitrogen and oxygen atoms in total. The number of hydrogen-bond donors (Lipinski definition) is 3. The molecule has 1 fully saturated rings. The van der Waals surface area contributed by atoms with E-state index in [9.17, 15) is 10.2 Å². The summed E-state index contributed by atoms with van der Waals surface area (Å²) >= 11 is 0. The first-order valence-electron chi connectivity index (χ1n) is 10.2. The smallest absolute Gasteiger partial charge is 0.126 e. The number of unbranched alkanes of at least 4 members (excludes halogenated alkanes) is 2. The summed E-state index contributed by atoms with van der Waals surface area (Å²) in [6, 6.07) is 6.33. The van der Waals surface area contributed by atoms with E-state index in [0.717, 1.165) is 44.3 Å². The normalized spacial score (nSPS) is 28.2. The second-order valence-electron chi connectivity index (χ2n) is 7.74. The van der Waals surface area contributed by atoms with Gasteiger partial charge in [-0.1, -0.05) is 56.5 Å². The van der Waals surface area contributed by atoms with Crippen LogP contribution in [-0.4, -0.2) is 35.1 Å². The van der Waals surface area contributed by atoms with Gasteiger partial charge in [-0.25, -0.2) is 0 Å². The lowest BCUT2D eigenvalue weighted by atomic mass is 9.86. The summed E-state index contributed by atoms with van der Waals surface area (Å²) in [4.78, 5) is 0. The van der Waals surface area contributed by atoms with Crippen LogP contribution in [0.3, 0.4) is 0 Å². The van der Waals surface area contributed by atoms with Gasteiger partial charge in [0, 0.05) is 23.8 Å². The summed E-state index contributed by atoms with van der Waals surface area (Å²) in [6.07, 6.45) is 9.76. The number of aryl methyl sites for hydroxylation is 1. The Kier molecular flexibility index (Phi) is 6.74. The Balaban J connectivity index is 1.73. The van der Waals surface area contributed by atoms with Gasteiger partial charge in [-0.2, -0.15) is 0 Å². The Morgan fingerprint density at radius 3 is 2.92 bits per heavy atom. The monoisotopic (exact) mass is 359 g/mol. The molecule has 1 aromatic rings. The minimum Gasteiger partial charge on any atom is -0.489 e. The molecule has 0 spiro atoms. The highest BCUT2D eigenvalue weighted by Crippen LogP contribution is 2.52. The van der Waals surface area contributed by atoms with Crippen LogP contribution in [0.15, 0.2) is 30.4 Å². The van der Waals surface area contributed by atoms with E-state index in [4.69, 9.17) is 10.5 Å². The summed E-state index contributed by atoms with van der Waals surface area (Å²) < 4.78 is 6.25. The molecule has 144 valence electrons. The molecule has 0 saturated heterocycles. The summed E-state index contributed by atoms with van der Waals surface area (Å²) in [5, 5.41) is 20.7. The second-order valence-corrected chi connectivity index (χ2v) is 7.74. The quantitative estimate of drug-likeness (QED) is 0.467. The first-order chi connectivity index (χ1) is 12.7. The van der Waals surface area contributed by atoms with Crippen LogP contribution < -0.4 is 10.5 Å². The second kappa shape index (κ2) is 9.03. The van der Waals surface area contributed by atoms with Gasteiger partial charge in [0.1, 0.15) is 11.9 Å². The molecule has 1 aliphatic carbocycles. The highest BCUT2D eigenvalue weighted by Gasteiger charge is 2.48. The predicted octanol–water partition coefficient (Wildman–Crippen LogP) is 3.30. The molecule has 1 heterocycles. The third-order valence-corrected chi connectivity index (χ3v) is 5.80. The number of rotatable bonds is 9. The third-order valence-electron chi connectivity index (χ3n) is 5.80. The molecule has 0 bridgehead atoms. The van der Waals surface area contributed by atoms with Crippen molar-refractivity contribution in [3.8, 4) is 5.75 Å². The van der Waals surface area contributed by atoms with Gasteiger partial charge in [-0.3, -0.25) is 0 Å². The van der Waals surface area contributed by atoms with Crippen LogP contribution in [0.1, 0.15) is 62.5 Å². The van der Waals surface area contributed by atoms with E-state index in [0.29, 0.717) is 13.0 Å². The van der Waals surface area contributed by atoms with Crippen LogP contribution in [0.2, 0.25) is 0 Å².